The van der Waals surface area contributed by atoms with E-state index in [1.165, 1.54) is 32.1 Å². The van der Waals surface area contributed by atoms with Crippen LogP contribution < -0.4 is 0 Å². The zero-order valence-corrected chi connectivity index (χ0v) is 15.8. The minimum Gasteiger partial charge on any atom is -0.266 e. The van der Waals surface area contributed by atoms with E-state index >= 15 is 0 Å². The van der Waals surface area contributed by atoms with Crippen molar-refractivity contribution in [2.24, 2.45) is 0 Å². The molecular formula is C17H27BrO3S. The van der Waals surface area contributed by atoms with Crippen LogP contribution in [0, 0.1) is 6.92 Å². The van der Waals surface area contributed by atoms with Gasteiger partial charge in [-0.1, -0.05) is 72.2 Å². The van der Waals surface area contributed by atoms with Crippen LogP contribution in [0.25, 0.3) is 0 Å². The minimum atomic E-state index is -3.59. The van der Waals surface area contributed by atoms with E-state index in [0.29, 0.717) is 0 Å². The molecule has 1 rings (SSSR count). The summed E-state index contributed by atoms with van der Waals surface area (Å²) in [6, 6.07) is 6.76. The fourth-order valence-electron chi connectivity index (χ4n) is 2.20. The van der Waals surface area contributed by atoms with E-state index in [2.05, 4.69) is 15.9 Å². The van der Waals surface area contributed by atoms with Gasteiger partial charge in [0.1, 0.15) is 0 Å². The average Bonchev–Trinajstić information content (AvgIpc) is 2.49. The van der Waals surface area contributed by atoms with Gasteiger partial charge in [-0.2, -0.15) is 8.42 Å². The number of unbranched alkanes of at least 4 members (excludes halogenated alkanes) is 7. The summed E-state index contributed by atoms with van der Waals surface area (Å²) in [5.41, 5.74) is 1.04. The number of hydrogen-bond acceptors (Lipinski definition) is 3. The van der Waals surface area contributed by atoms with Gasteiger partial charge in [-0.3, -0.25) is 4.18 Å². The topological polar surface area (TPSA) is 43.4 Å². The summed E-state index contributed by atoms with van der Waals surface area (Å²) in [5.74, 6) is 0. The lowest BCUT2D eigenvalue weighted by Crippen LogP contribution is -2.07. The molecule has 1 aromatic carbocycles. The van der Waals surface area contributed by atoms with Crippen molar-refractivity contribution in [3.8, 4) is 0 Å². The molecule has 3 nitrogen and oxygen atoms in total. The molecule has 0 atom stereocenters. The summed E-state index contributed by atoms with van der Waals surface area (Å²) in [6.07, 6.45) is 9.33. The molecule has 0 aromatic heterocycles. The fraction of sp³-hybridized carbons (Fsp3) is 0.647. The van der Waals surface area contributed by atoms with Crippen molar-refractivity contribution in [1.82, 2.24) is 0 Å². The first-order valence-corrected chi connectivity index (χ1v) is 10.6. The molecule has 126 valence electrons. The van der Waals surface area contributed by atoms with Crippen molar-refractivity contribution >= 4 is 26.0 Å². The van der Waals surface area contributed by atoms with Crippen LogP contribution in [0.1, 0.15) is 56.9 Å². The summed E-state index contributed by atoms with van der Waals surface area (Å²) in [6.45, 7) is 2.21. The molecule has 5 heteroatoms. The fourth-order valence-corrected chi connectivity index (χ4v) is 3.54. The number of halogens is 1. The Morgan fingerprint density at radius 1 is 0.864 bits per heavy atom. The molecule has 22 heavy (non-hydrogen) atoms. The smallest absolute Gasteiger partial charge is 0.266 e. The highest BCUT2D eigenvalue weighted by molar-refractivity contribution is 9.09. The van der Waals surface area contributed by atoms with E-state index in [4.69, 9.17) is 4.18 Å². The maximum Gasteiger partial charge on any atom is 0.296 e. The van der Waals surface area contributed by atoms with Crippen LogP contribution in [0.4, 0.5) is 0 Å². The zero-order chi connectivity index (χ0) is 16.3. The van der Waals surface area contributed by atoms with E-state index in [-0.39, 0.29) is 11.5 Å². The molecule has 0 saturated heterocycles. The van der Waals surface area contributed by atoms with Crippen LogP contribution in [0.5, 0.6) is 0 Å². The Hall–Kier alpha value is -0.390. The average molecular weight is 391 g/mol. The number of alkyl halides is 1. The van der Waals surface area contributed by atoms with Gasteiger partial charge in [-0.25, -0.2) is 0 Å². The van der Waals surface area contributed by atoms with Crippen molar-refractivity contribution in [1.29, 1.82) is 0 Å². The van der Waals surface area contributed by atoms with Crippen LogP contribution >= 0.6 is 15.9 Å². The molecule has 0 heterocycles. The largest absolute Gasteiger partial charge is 0.296 e. The van der Waals surface area contributed by atoms with Gasteiger partial charge in [0, 0.05) is 5.33 Å². The van der Waals surface area contributed by atoms with E-state index < -0.39 is 10.1 Å². The highest BCUT2D eigenvalue weighted by atomic mass is 79.9. The maximum absolute atomic E-state index is 12.0. The quantitative estimate of drug-likeness (QED) is 0.279. The van der Waals surface area contributed by atoms with Gasteiger partial charge in [-0.05, 0) is 31.9 Å². The highest BCUT2D eigenvalue weighted by Gasteiger charge is 2.14. The first kappa shape index (κ1) is 19.7. The predicted octanol–water partition coefficient (Wildman–Crippen LogP) is 5.22. The molecule has 0 spiro atoms. The zero-order valence-electron chi connectivity index (χ0n) is 13.4. The van der Waals surface area contributed by atoms with Crippen LogP contribution in [0.3, 0.4) is 0 Å². The first-order valence-electron chi connectivity index (χ1n) is 8.08. The van der Waals surface area contributed by atoms with Gasteiger partial charge in [0.05, 0.1) is 11.5 Å². The lowest BCUT2D eigenvalue weighted by molar-refractivity contribution is 0.306. The molecule has 0 unspecified atom stereocenters. The highest BCUT2D eigenvalue weighted by Crippen LogP contribution is 2.14. The lowest BCUT2D eigenvalue weighted by Gasteiger charge is -2.06. The third-order valence-corrected chi connectivity index (χ3v) is 5.46. The molecule has 0 aliphatic rings. The second-order valence-corrected chi connectivity index (χ2v) is 8.01. The van der Waals surface area contributed by atoms with E-state index in [0.717, 1.165) is 30.2 Å². The number of hydrogen-bond donors (Lipinski definition) is 0. The second kappa shape index (κ2) is 11.2. The standard InChI is InChI=1S/C17H27BrO3S/c1-16-10-12-17(13-11-16)22(19,20)21-15-9-7-5-3-2-4-6-8-14-18/h10-13H,2-9,14-15H2,1H3. The van der Waals surface area contributed by atoms with Crippen LogP contribution in [0.2, 0.25) is 0 Å². The molecule has 0 fully saturated rings. The Bertz CT molecular complexity index is 497. The molecule has 0 aliphatic heterocycles. The molecule has 0 radical (unpaired) electrons. The van der Waals surface area contributed by atoms with Gasteiger partial charge >= 0.3 is 0 Å². The Morgan fingerprint density at radius 3 is 1.91 bits per heavy atom. The van der Waals surface area contributed by atoms with Crippen molar-refractivity contribution in [2.75, 3.05) is 11.9 Å². The van der Waals surface area contributed by atoms with E-state index in [9.17, 15) is 8.42 Å². The molecule has 0 saturated carbocycles. The summed E-state index contributed by atoms with van der Waals surface area (Å²) in [7, 11) is -3.59. The number of benzene rings is 1. The predicted molar refractivity (Wildman–Crippen MR) is 95.0 cm³/mol. The second-order valence-electron chi connectivity index (χ2n) is 5.61. The van der Waals surface area contributed by atoms with Crippen molar-refractivity contribution in [2.45, 2.75) is 63.2 Å². The van der Waals surface area contributed by atoms with Crippen LogP contribution in [-0.4, -0.2) is 20.4 Å². The maximum atomic E-state index is 12.0. The normalized spacial score (nSPS) is 11.7. The van der Waals surface area contributed by atoms with Crippen molar-refractivity contribution < 1.29 is 12.6 Å². The Balaban J connectivity index is 2.10. The molecule has 0 N–H and O–H groups in total. The minimum absolute atomic E-state index is 0.241. The Morgan fingerprint density at radius 2 is 1.36 bits per heavy atom. The van der Waals surface area contributed by atoms with E-state index in [1.54, 1.807) is 24.3 Å². The molecule has 0 amide bonds. The molecule has 1 aromatic rings. The Labute approximate surface area is 143 Å². The SMILES string of the molecule is Cc1ccc(S(=O)(=O)OCCCCCCCCCCBr)cc1. The van der Waals surface area contributed by atoms with Crippen LogP contribution in [0.15, 0.2) is 29.2 Å². The van der Waals surface area contributed by atoms with Crippen molar-refractivity contribution in [3.05, 3.63) is 29.8 Å². The molecular weight excluding hydrogens is 364 g/mol. The van der Waals surface area contributed by atoms with Gasteiger partial charge in [0.15, 0.2) is 0 Å². The van der Waals surface area contributed by atoms with Crippen molar-refractivity contribution in [3.63, 3.8) is 0 Å². The summed E-state index contributed by atoms with van der Waals surface area (Å²) < 4.78 is 29.0. The third-order valence-electron chi connectivity index (χ3n) is 3.58. The van der Waals surface area contributed by atoms with Gasteiger partial charge in [0.25, 0.3) is 10.1 Å². The number of aryl methyl sites for hydroxylation is 1. The van der Waals surface area contributed by atoms with Gasteiger partial charge in [0.2, 0.25) is 0 Å². The third kappa shape index (κ3) is 8.30. The lowest BCUT2D eigenvalue weighted by atomic mass is 10.1. The first-order chi connectivity index (χ1) is 10.6. The number of rotatable bonds is 12. The van der Waals surface area contributed by atoms with Gasteiger partial charge < -0.3 is 0 Å². The summed E-state index contributed by atoms with van der Waals surface area (Å²) in [4.78, 5) is 0.241. The molecule has 0 bridgehead atoms. The van der Waals surface area contributed by atoms with Crippen LogP contribution in [-0.2, 0) is 14.3 Å². The summed E-state index contributed by atoms with van der Waals surface area (Å²) >= 11 is 3.43. The Kier molecular flexibility index (Phi) is 10.0. The monoisotopic (exact) mass is 390 g/mol. The summed E-state index contributed by atoms with van der Waals surface area (Å²) in [5, 5.41) is 1.10. The van der Waals surface area contributed by atoms with E-state index in [1.807, 2.05) is 6.92 Å². The van der Waals surface area contributed by atoms with Gasteiger partial charge in [-0.15, -0.1) is 0 Å². The molecule has 0 aliphatic carbocycles.